The van der Waals surface area contributed by atoms with Crippen molar-refractivity contribution in [2.75, 3.05) is 6.61 Å². The minimum absolute atomic E-state index is 0.0381. The topological polar surface area (TPSA) is 9.23 Å². The Balaban J connectivity index is 1.26. The fourth-order valence-electron chi connectivity index (χ4n) is 8.93. The molecule has 0 aliphatic heterocycles. The van der Waals surface area contributed by atoms with Crippen LogP contribution in [0.5, 0.6) is 0 Å². The van der Waals surface area contributed by atoms with Gasteiger partial charge in [0.2, 0.25) is 0 Å². The van der Waals surface area contributed by atoms with E-state index in [1.54, 1.807) is 12.8 Å². The standard InChI is InChI=1S/C22H32O/c1-22(2,3)23-10-14-7-13-8-15(14)21-17-9-16(20(13)21)18-11-4-5-12(6-11)19(17)18/h4-5,11-21H,6-10H2,1-3H3. The molecule has 5 saturated carbocycles. The van der Waals surface area contributed by atoms with E-state index in [2.05, 4.69) is 32.9 Å². The number of allylic oxidation sites excluding steroid dienone is 2. The Labute approximate surface area is 141 Å². The minimum Gasteiger partial charge on any atom is -0.376 e. The van der Waals surface area contributed by atoms with Gasteiger partial charge in [-0.25, -0.2) is 0 Å². The summed E-state index contributed by atoms with van der Waals surface area (Å²) in [6.07, 6.45) is 11.4. The lowest BCUT2D eigenvalue weighted by Crippen LogP contribution is -2.42. The summed E-state index contributed by atoms with van der Waals surface area (Å²) in [7, 11) is 0. The second-order valence-electron chi connectivity index (χ2n) is 10.9. The van der Waals surface area contributed by atoms with Crippen LogP contribution in [0.4, 0.5) is 0 Å². The Bertz CT molecular complexity index is 557. The largest absolute Gasteiger partial charge is 0.376 e. The smallest absolute Gasteiger partial charge is 0.0598 e. The van der Waals surface area contributed by atoms with E-state index >= 15 is 0 Å². The SMILES string of the molecule is CC(C)(C)OCC1CC2CC1C1C3CC(C4C5C=CC(C5)C34)C21. The molecule has 6 aliphatic carbocycles. The normalized spacial score (nSPS) is 60.7. The molecule has 0 aromatic heterocycles. The molecule has 0 spiro atoms. The molecule has 1 heteroatoms. The van der Waals surface area contributed by atoms with E-state index in [0.717, 1.165) is 71.7 Å². The lowest BCUT2D eigenvalue weighted by Gasteiger charge is -2.46. The summed E-state index contributed by atoms with van der Waals surface area (Å²) in [5, 5.41) is 0. The van der Waals surface area contributed by atoms with Crippen molar-refractivity contribution >= 4 is 0 Å². The molecule has 0 aromatic rings. The Kier molecular flexibility index (Phi) is 2.58. The van der Waals surface area contributed by atoms with Crippen molar-refractivity contribution in [2.24, 2.45) is 65.1 Å². The fraction of sp³-hybridized carbons (Fsp3) is 0.909. The molecule has 6 bridgehead atoms. The zero-order chi connectivity index (χ0) is 15.5. The number of rotatable bonds is 2. The van der Waals surface area contributed by atoms with Gasteiger partial charge in [0.15, 0.2) is 0 Å². The molecule has 6 rings (SSSR count). The second-order valence-corrected chi connectivity index (χ2v) is 10.9. The van der Waals surface area contributed by atoms with Crippen LogP contribution in [-0.2, 0) is 4.74 Å². The third-order valence-corrected chi connectivity index (χ3v) is 9.10. The average molecular weight is 312 g/mol. The molecule has 5 fully saturated rings. The first-order chi connectivity index (χ1) is 11.0. The molecule has 0 saturated heterocycles. The van der Waals surface area contributed by atoms with Gasteiger partial charge >= 0.3 is 0 Å². The first-order valence-corrected chi connectivity index (χ1v) is 10.3. The van der Waals surface area contributed by atoms with Crippen LogP contribution in [-0.4, -0.2) is 12.2 Å². The Morgan fingerprint density at radius 2 is 1.48 bits per heavy atom. The maximum absolute atomic E-state index is 6.22. The number of fused-ring (bicyclic) bond motifs is 16. The fourth-order valence-corrected chi connectivity index (χ4v) is 8.93. The summed E-state index contributed by atoms with van der Waals surface area (Å²) >= 11 is 0. The molecule has 23 heavy (non-hydrogen) atoms. The molecule has 11 atom stereocenters. The Hall–Kier alpha value is -0.300. The van der Waals surface area contributed by atoms with Gasteiger partial charge in [0.05, 0.1) is 12.2 Å². The van der Waals surface area contributed by atoms with Gasteiger partial charge in [0, 0.05) is 0 Å². The molecule has 0 aromatic carbocycles. The van der Waals surface area contributed by atoms with Crippen LogP contribution in [0, 0.1) is 65.1 Å². The van der Waals surface area contributed by atoms with Crippen molar-refractivity contribution in [3.8, 4) is 0 Å². The number of ether oxygens (including phenoxy) is 1. The quantitative estimate of drug-likeness (QED) is 0.527. The van der Waals surface area contributed by atoms with Crippen molar-refractivity contribution in [2.45, 2.75) is 52.1 Å². The van der Waals surface area contributed by atoms with E-state index in [1.807, 2.05) is 0 Å². The zero-order valence-electron chi connectivity index (χ0n) is 14.9. The zero-order valence-corrected chi connectivity index (χ0v) is 14.9. The summed E-state index contributed by atoms with van der Waals surface area (Å²) in [6, 6.07) is 0. The number of hydrogen-bond donors (Lipinski definition) is 0. The molecule has 1 nitrogen and oxygen atoms in total. The van der Waals surface area contributed by atoms with Crippen LogP contribution in [0.2, 0.25) is 0 Å². The van der Waals surface area contributed by atoms with Crippen molar-refractivity contribution in [3.05, 3.63) is 12.2 Å². The molecular weight excluding hydrogens is 280 g/mol. The van der Waals surface area contributed by atoms with Crippen molar-refractivity contribution < 1.29 is 4.74 Å². The highest BCUT2D eigenvalue weighted by molar-refractivity contribution is 5.24. The highest BCUT2D eigenvalue weighted by Gasteiger charge is 2.70. The van der Waals surface area contributed by atoms with Gasteiger partial charge in [0.1, 0.15) is 0 Å². The predicted octanol–water partition coefficient (Wildman–Crippen LogP) is 4.78. The molecule has 126 valence electrons. The van der Waals surface area contributed by atoms with Crippen LogP contribution >= 0.6 is 0 Å². The third kappa shape index (κ3) is 1.68. The molecule has 11 unspecified atom stereocenters. The third-order valence-electron chi connectivity index (χ3n) is 9.10. The molecule has 0 amide bonds. The van der Waals surface area contributed by atoms with Gasteiger partial charge in [-0.3, -0.25) is 0 Å². The summed E-state index contributed by atoms with van der Waals surface area (Å²) in [6.45, 7) is 7.68. The van der Waals surface area contributed by atoms with Crippen LogP contribution in [0.3, 0.4) is 0 Å². The summed E-state index contributed by atoms with van der Waals surface area (Å²) in [4.78, 5) is 0. The van der Waals surface area contributed by atoms with E-state index in [4.69, 9.17) is 4.74 Å². The molecule has 0 heterocycles. The first-order valence-electron chi connectivity index (χ1n) is 10.3. The lowest BCUT2D eigenvalue weighted by atomic mass is 9.59. The van der Waals surface area contributed by atoms with Crippen LogP contribution in [0.1, 0.15) is 46.5 Å². The van der Waals surface area contributed by atoms with Crippen molar-refractivity contribution in [1.29, 1.82) is 0 Å². The molecule has 0 N–H and O–H groups in total. The van der Waals surface area contributed by atoms with Gasteiger partial charge < -0.3 is 4.74 Å². The first kappa shape index (κ1) is 13.9. The van der Waals surface area contributed by atoms with Gasteiger partial charge in [-0.05, 0) is 112 Å². The second kappa shape index (κ2) is 4.26. The van der Waals surface area contributed by atoms with E-state index in [0.29, 0.717) is 0 Å². The average Bonchev–Trinajstić information content (AvgIpc) is 3.28. The van der Waals surface area contributed by atoms with E-state index in [9.17, 15) is 0 Å². The van der Waals surface area contributed by atoms with Crippen LogP contribution in [0.15, 0.2) is 12.2 Å². The molecule has 0 radical (unpaired) electrons. The molecule has 6 aliphatic rings. The Morgan fingerprint density at radius 1 is 0.783 bits per heavy atom. The van der Waals surface area contributed by atoms with E-state index in [1.165, 1.54) is 12.8 Å². The van der Waals surface area contributed by atoms with Gasteiger partial charge in [-0.1, -0.05) is 12.2 Å². The highest BCUT2D eigenvalue weighted by atomic mass is 16.5. The van der Waals surface area contributed by atoms with Gasteiger partial charge in [0.25, 0.3) is 0 Å². The minimum atomic E-state index is 0.0381. The predicted molar refractivity (Wildman–Crippen MR) is 91.7 cm³/mol. The summed E-state index contributed by atoms with van der Waals surface area (Å²) in [5.74, 6) is 11.6. The van der Waals surface area contributed by atoms with Crippen molar-refractivity contribution in [3.63, 3.8) is 0 Å². The monoisotopic (exact) mass is 312 g/mol. The van der Waals surface area contributed by atoms with E-state index < -0.39 is 0 Å². The Morgan fingerprint density at radius 3 is 2.17 bits per heavy atom. The maximum atomic E-state index is 6.22. The highest BCUT2D eigenvalue weighted by Crippen LogP contribution is 2.76. The maximum Gasteiger partial charge on any atom is 0.0598 e. The van der Waals surface area contributed by atoms with Crippen molar-refractivity contribution in [1.82, 2.24) is 0 Å². The summed E-state index contributed by atoms with van der Waals surface area (Å²) < 4.78 is 6.22. The lowest BCUT2D eigenvalue weighted by molar-refractivity contribution is -0.0526. The van der Waals surface area contributed by atoms with Crippen LogP contribution < -0.4 is 0 Å². The van der Waals surface area contributed by atoms with Gasteiger partial charge in [-0.15, -0.1) is 0 Å². The number of hydrogen-bond acceptors (Lipinski definition) is 1. The van der Waals surface area contributed by atoms with Crippen LogP contribution in [0.25, 0.3) is 0 Å². The molecular formula is C22H32O. The van der Waals surface area contributed by atoms with E-state index in [-0.39, 0.29) is 5.60 Å². The summed E-state index contributed by atoms with van der Waals surface area (Å²) in [5.41, 5.74) is 0.0381. The van der Waals surface area contributed by atoms with Gasteiger partial charge in [-0.2, -0.15) is 0 Å².